The Bertz CT molecular complexity index is 893. The predicted molar refractivity (Wildman–Crippen MR) is 121 cm³/mol. The fourth-order valence-corrected chi connectivity index (χ4v) is 3.13. The molecule has 30 heavy (non-hydrogen) atoms. The molecule has 2 N–H and O–H groups in total. The minimum Gasteiger partial charge on any atom is -0.483 e. The average Bonchev–Trinajstić information content (AvgIpc) is 2.69. The van der Waals surface area contributed by atoms with Gasteiger partial charge >= 0.3 is 0 Å². The summed E-state index contributed by atoms with van der Waals surface area (Å²) in [6, 6.07) is 13.2. The van der Waals surface area contributed by atoms with Gasteiger partial charge in [-0.25, -0.2) is 0 Å². The number of carbonyl (C=O) groups is 2. The molecule has 6 nitrogen and oxygen atoms in total. The lowest BCUT2D eigenvalue weighted by atomic mass is 9.87. The maximum atomic E-state index is 12.4. The number of hydrogen-bond donors (Lipinski definition) is 2. The number of aryl methyl sites for hydroxylation is 1. The van der Waals surface area contributed by atoms with Gasteiger partial charge in [0, 0.05) is 0 Å². The molecule has 0 bridgehead atoms. The maximum Gasteiger partial charge on any atom is 0.279 e. The summed E-state index contributed by atoms with van der Waals surface area (Å²) in [4.78, 5) is 24.4. The number of hydrazine groups is 1. The summed E-state index contributed by atoms with van der Waals surface area (Å²) in [6.45, 7) is 9.88. The van der Waals surface area contributed by atoms with Gasteiger partial charge in [-0.15, -0.1) is 0 Å². The Morgan fingerprint density at radius 3 is 2.37 bits per heavy atom. The van der Waals surface area contributed by atoms with Gasteiger partial charge in [-0.3, -0.25) is 20.4 Å². The maximum absolute atomic E-state index is 12.4. The molecule has 2 aromatic rings. The predicted octanol–water partition coefficient (Wildman–Crippen LogP) is 4.44. The molecular formula is C23H29BrN2O4. The molecule has 162 valence electrons. The van der Waals surface area contributed by atoms with Crippen molar-refractivity contribution in [1.82, 2.24) is 10.9 Å². The molecule has 0 radical (unpaired) electrons. The highest BCUT2D eigenvalue weighted by atomic mass is 79.9. The van der Waals surface area contributed by atoms with E-state index in [1.54, 1.807) is 6.07 Å². The van der Waals surface area contributed by atoms with Gasteiger partial charge in [0.15, 0.2) is 12.7 Å². The van der Waals surface area contributed by atoms with E-state index < -0.39 is 17.9 Å². The van der Waals surface area contributed by atoms with E-state index in [4.69, 9.17) is 9.47 Å². The molecule has 2 aromatic carbocycles. The molecule has 0 aliphatic rings. The molecular weight excluding hydrogens is 448 g/mol. The lowest BCUT2D eigenvalue weighted by molar-refractivity contribution is -0.134. The Kier molecular flexibility index (Phi) is 8.29. The summed E-state index contributed by atoms with van der Waals surface area (Å²) in [7, 11) is 0. The zero-order valence-electron chi connectivity index (χ0n) is 18.0. The molecule has 7 heteroatoms. The van der Waals surface area contributed by atoms with Gasteiger partial charge in [0.05, 0.1) is 4.47 Å². The number of carbonyl (C=O) groups excluding carboxylic acids is 2. The second kappa shape index (κ2) is 10.5. The average molecular weight is 477 g/mol. The molecule has 0 spiro atoms. The Morgan fingerprint density at radius 1 is 1.07 bits per heavy atom. The van der Waals surface area contributed by atoms with Crippen LogP contribution in [0.5, 0.6) is 11.5 Å². The molecule has 0 aliphatic carbocycles. The smallest absolute Gasteiger partial charge is 0.279 e. The zero-order valence-corrected chi connectivity index (χ0v) is 19.6. The van der Waals surface area contributed by atoms with Gasteiger partial charge in [0.25, 0.3) is 11.8 Å². The van der Waals surface area contributed by atoms with Crippen LogP contribution in [0.25, 0.3) is 0 Å². The van der Waals surface area contributed by atoms with Crippen LogP contribution in [0.1, 0.15) is 45.2 Å². The van der Waals surface area contributed by atoms with Gasteiger partial charge in [-0.05, 0) is 64.0 Å². The summed E-state index contributed by atoms with van der Waals surface area (Å²) in [5.74, 6) is 0.294. The van der Waals surface area contributed by atoms with E-state index in [2.05, 4.69) is 47.6 Å². The molecule has 1 unspecified atom stereocenters. The Hall–Kier alpha value is -2.54. The first kappa shape index (κ1) is 23.7. The van der Waals surface area contributed by atoms with Crippen LogP contribution in [-0.2, 0) is 15.0 Å². The summed E-state index contributed by atoms with van der Waals surface area (Å²) < 4.78 is 12.1. The van der Waals surface area contributed by atoms with Crippen molar-refractivity contribution in [3.63, 3.8) is 0 Å². The van der Waals surface area contributed by atoms with Crippen LogP contribution in [0.2, 0.25) is 0 Å². The van der Waals surface area contributed by atoms with Crippen molar-refractivity contribution in [2.24, 2.45) is 0 Å². The number of para-hydroxylation sites is 1. The van der Waals surface area contributed by atoms with Crippen LogP contribution in [-0.4, -0.2) is 24.5 Å². The van der Waals surface area contributed by atoms with Crippen LogP contribution >= 0.6 is 15.9 Å². The summed E-state index contributed by atoms with van der Waals surface area (Å²) in [6.07, 6.45) is -0.258. The number of ether oxygens (including phenoxy) is 2. The van der Waals surface area contributed by atoms with E-state index >= 15 is 0 Å². The lowest BCUT2D eigenvalue weighted by Crippen LogP contribution is -2.49. The normalized spacial score (nSPS) is 12.1. The molecule has 0 fully saturated rings. The Morgan fingerprint density at radius 2 is 1.77 bits per heavy atom. The fraction of sp³-hybridized carbons (Fsp3) is 0.391. The number of rotatable bonds is 7. The number of amides is 2. The fourth-order valence-electron chi connectivity index (χ4n) is 2.64. The van der Waals surface area contributed by atoms with Gasteiger partial charge in [-0.1, -0.05) is 52.0 Å². The summed E-state index contributed by atoms with van der Waals surface area (Å²) >= 11 is 3.47. The molecule has 0 aliphatic heterocycles. The molecule has 0 saturated heterocycles. The van der Waals surface area contributed by atoms with Crippen molar-refractivity contribution in [1.29, 1.82) is 0 Å². The minimum absolute atomic E-state index is 0.0128. The van der Waals surface area contributed by atoms with E-state index in [9.17, 15) is 9.59 Å². The molecule has 0 saturated carbocycles. The number of halogens is 1. The Balaban J connectivity index is 1.85. The SMILES string of the molecule is CCC(Oc1ccccc1C)C(=O)NNC(=O)COc1ccc(C(C)(C)C)cc1Br. The highest BCUT2D eigenvalue weighted by molar-refractivity contribution is 9.10. The first-order valence-corrected chi connectivity index (χ1v) is 10.6. The molecule has 1 atom stereocenters. The van der Waals surface area contributed by atoms with Crippen LogP contribution in [0.15, 0.2) is 46.9 Å². The second-order valence-corrected chi connectivity index (χ2v) is 8.86. The van der Waals surface area contributed by atoms with E-state index in [1.165, 1.54) is 0 Å². The van der Waals surface area contributed by atoms with Gasteiger partial charge in [0.2, 0.25) is 0 Å². The lowest BCUT2D eigenvalue weighted by Gasteiger charge is -2.20. The molecule has 2 amide bonds. The van der Waals surface area contributed by atoms with E-state index in [1.807, 2.05) is 50.2 Å². The molecule has 0 aromatic heterocycles. The number of benzene rings is 2. The van der Waals surface area contributed by atoms with Crippen molar-refractivity contribution >= 4 is 27.7 Å². The summed E-state index contributed by atoms with van der Waals surface area (Å²) in [5.41, 5.74) is 6.86. The topological polar surface area (TPSA) is 76.7 Å². The standard InChI is InChI=1S/C23H29BrN2O4/c1-6-18(30-19-10-8-7-9-15(19)2)22(28)26-25-21(27)14-29-20-12-11-16(13-17(20)24)23(3,4)5/h7-13,18H,6,14H2,1-5H3,(H,25,27)(H,26,28). The second-order valence-electron chi connectivity index (χ2n) is 8.00. The van der Waals surface area contributed by atoms with E-state index in [0.29, 0.717) is 17.9 Å². The van der Waals surface area contributed by atoms with Crippen molar-refractivity contribution in [2.45, 2.75) is 52.6 Å². The molecule has 0 heterocycles. The summed E-state index contributed by atoms with van der Waals surface area (Å²) in [5, 5.41) is 0. The molecule has 2 rings (SSSR count). The van der Waals surface area contributed by atoms with Gasteiger partial charge in [0.1, 0.15) is 11.5 Å². The Labute approximate surface area is 186 Å². The van der Waals surface area contributed by atoms with Gasteiger partial charge in [-0.2, -0.15) is 0 Å². The van der Waals surface area contributed by atoms with Crippen molar-refractivity contribution in [3.05, 3.63) is 58.1 Å². The largest absolute Gasteiger partial charge is 0.483 e. The van der Waals surface area contributed by atoms with Crippen molar-refractivity contribution in [2.75, 3.05) is 6.61 Å². The highest BCUT2D eigenvalue weighted by Gasteiger charge is 2.20. The number of nitrogens with one attached hydrogen (secondary N) is 2. The van der Waals surface area contributed by atoms with Crippen LogP contribution < -0.4 is 20.3 Å². The van der Waals surface area contributed by atoms with E-state index in [0.717, 1.165) is 15.6 Å². The van der Waals surface area contributed by atoms with Crippen LogP contribution in [0, 0.1) is 6.92 Å². The third kappa shape index (κ3) is 6.76. The first-order chi connectivity index (χ1) is 14.1. The minimum atomic E-state index is -0.716. The first-order valence-electron chi connectivity index (χ1n) is 9.85. The zero-order chi connectivity index (χ0) is 22.3. The monoisotopic (exact) mass is 476 g/mol. The van der Waals surface area contributed by atoms with E-state index in [-0.39, 0.29) is 12.0 Å². The van der Waals surface area contributed by atoms with Gasteiger partial charge < -0.3 is 9.47 Å². The van der Waals surface area contributed by atoms with Crippen molar-refractivity contribution < 1.29 is 19.1 Å². The highest BCUT2D eigenvalue weighted by Crippen LogP contribution is 2.31. The third-order valence-electron chi connectivity index (χ3n) is 4.51. The van der Waals surface area contributed by atoms with Crippen LogP contribution in [0.3, 0.4) is 0 Å². The van der Waals surface area contributed by atoms with Crippen molar-refractivity contribution in [3.8, 4) is 11.5 Å². The third-order valence-corrected chi connectivity index (χ3v) is 5.13. The number of hydrogen-bond acceptors (Lipinski definition) is 4. The quantitative estimate of drug-likeness (QED) is 0.579. The van der Waals surface area contributed by atoms with Crippen LogP contribution in [0.4, 0.5) is 0 Å².